The molecule has 23 heavy (non-hydrogen) atoms. The highest BCUT2D eigenvalue weighted by Crippen LogP contribution is 2.34. The summed E-state index contributed by atoms with van der Waals surface area (Å²) >= 11 is 12.6. The Balaban J connectivity index is 1.53. The van der Waals surface area contributed by atoms with Crippen molar-refractivity contribution in [3.05, 3.63) is 28.2 Å². The molecule has 1 aromatic rings. The van der Waals surface area contributed by atoms with Gasteiger partial charge in [-0.3, -0.25) is 4.90 Å². The molecule has 0 aromatic heterocycles. The van der Waals surface area contributed by atoms with Crippen LogP contribution in [0.25, 0.3) is 0 Å². The lowest BCUT2D eigenvalue weighted by Gasteiger charge is -2.42. The van der Waals surface area contributed by atoms with E-state index < -0.39 is 0 Å². The number of anilines is 1. The number of benzene rings is 1. The van der Waals surface area contributed by atoms with Crippen LogP contribution in [0.1, 0.15) is 45.4 Å². The monoisotopic (exact) mass is 354 g/mol. The predicted molar refractivity (Wildman–Crippen MR) is 101 cm³/mol. The van der Waals surface area contributed by atoms with E-state index in [9.17, 15) is 0 Å². The maximum absolute atomic E-state index is 6.40. The van der Waals surface area contributed by atoms with Crippen molar-refractivity contribution in [1.29, 1.82) is 0 Å². The number of halogens is 2. The summed E-state index contributed by atoms with van der Waals surface area (Å²) in [7, 11) is 0. The Morgan fingerprint density at radius 3 is 2.61 bits per heavy atom. The standard InChI is InChI=1S/C19H28Cl2N2/c1-15-14-22(11-10-16-6-3-2-4-7-16)12-13-23(15)18-9-5-8-17(20)19(18)21/h5,8-9,15-16H,2-4,6-7,10-14H2,1H3/t15-/m1/s1. The van der Waals surface area contributed by atoms with Crippen LogP contribution in [0.3, 0.4) is 0 Å². The Kier molecular flexibility index (Phi) is 6.12. The van der Waals surface area contributed by atoms with Crippen LogP contribution < -0.4 is 4.90 Å². The fourth-order valence-electron chi connectivity index (χ4n) is 4.15. The average molecular weight is 355 g/mol. The quantitative estimate of drug-likeness (QED) is 0.706. The summed E-state index contributed by atoms with van der Waals surface area (Å²) in [6.45, 7) is 6.83. The third kappa shape index (κ3) is 4.35. The molecule has 0 N–H and O–H groups in total. The van der Waals surface area contributed by atoms with E-state index >= 15 is 0 Å². The number of rotatable bonds is 4. The van der Waals surface area contributed by atoms with Crippen LogP contribution in [0.15, 0.2) is 18.2 Å². The van der Waals surface area contributed by atoms with Crippen molar-refractivity contribution in [3.8, 4) is 0 Å². The van der Waals surface area contributed by atoms with Crippen molar-refractivity contribution in [2.75, 3.05) is 31.1 Å². The third-order valence-electron chi connectivity index (χ3n) is 5.53. The van der Waals surface area contributed by atoms with Crippen LogP contribution in [-0.2, 0) is 0 Å². The van der Waals surface area contributed by atoms with Gasteiger partial charge < -0.3 is 4.90 Å². The Bertz CT molecular complexity index is 514. The molecule has 2 nitrogen and oxygen atoms in total. The van der Waals surface area contributed by atoms with Gasteiger partial charge in [0.1, 0.15) is 0 Å². The van der Waals surface area contributed by atoms with Gasteiger partial charge in [0.25, 0.3) is 0 Å². The van der Waals surface area contributed by atoms with E-state index in [0.29, 0.717) is 16.1 Å². The Hall–Kier alpha value is -0.440. The summed E-state index contributed by atoms with van der Waals surface area (Å²) < 4.78 is 0. The van der Waals surface area contributed by atoms with Gasteiger partial charge in [0, 0.05) is 25.7 Å². The molecule has 4 heteroatoms. The van der Waals surface area contributed by atoms with Gasteiger partial charge in [0.2, 0.25) is 0 Å². The second kappa shape index (κ2) is 8.09. The zero-order valence-electron chi connectivity index (χ0n) is 14.1. The van der Waals surface area contributed by atoms with E-state index in [1.54, 1.807) is 0 Å². The minimum absolute atomic E-state index is 0.478. The highest BCUT2D eigenvalue weighted by atomic mass is 35.5. The van der Waals surface area contributed by atoms with Crippen molar-refractivity contribution < 1.29 is 0 Å². The van der Waals surface area contributed by atoms with E-state index in [1.165, 1.54) is 45.1 Å². The molecule has 1 heterocycles. The van der Waals surface area contributed by atoms with Gasteiger partial charge in [0.05, 0.1) is 15.7 Å². The molecule has 0 amide bonds. The maximum atomic E-state index is 6.40. The molecule has 2 fully saturated rings. The fraction of sp³-hybridized carbons (Fsp3) is 0.684. The molecule has 3 rings (SSSR count). The van der Waals surface area contributed by atoms with Crippen LogP contribution in [-0.4, -0.2) is 37.1 Å². The second-order valence-corrected chi connectivity index (χ2v) is 7.99. The van der Waals surface area contributed by atoms with Gasteiger partial charge in [0.15, 0.2) is 0 Å². The predicted octanol–water partition coefficient (Wildman–Crippen LogP) is 5.47. The van der Waals surface area contributed by atoms with Crippen molar-refractivity contribution in [2.45, 2.75) is 51.5 Å². The molecule has 0 bridgehead atoms. The zero-order valence-corrected chi connectivity index (χ0v) is 15.6. The maximum Gasteiger partial charge on any atom is 0.0825 e. The lowest BCUT2D eigenvalue weighted by molar-refractivity contribution is 0.201. The SMILES string of the molecule is C[C@@H]1CN(CCC2CCCCC2)CCN1c1cccc(Cl)c1Cl. The molecule has 1 saturated carbocycles. The molecule has 2 aliphatic rings. The average Bonchev–Trinajstić information content (AvgIpc) is 2.57. The Labute approximate surface area is 150 Å². The van der Waals surface area contributed by atoms with Crippen LogP contribution in [0, 0.1) is 5.92 Å². The van der Waals surface area contributed by atoms with Crippen molar-refractivity contribution in [1.82, 2.24) is 4.90 Å². The van der Waals surface area contributed by atoms with Gasteiger partial charge in [-0.05, 0) is 37.9 Å². The van der Waals surface area contributed by atoms with Gasteiger partial charge >= 0.3 is 0 Å². The fourth-order valence-corrected chi connectivity index (χ4v) is 4.55. The van der Waals surface area contributed by atoms with E-state index in [4.69, 9.17) is 23.2 Å². The molecular formula is C19H28Cl2N2. The molecule has 0 spiro atoms. The first kappa shape index (κ1) is 17.4. The van der Waals surface area contributed by atoms with Crippen LogP contribution in [0.5, 0.6) is 0 Å². The topological polar surface area (TPSA) is 6.48 Å². The summed E-state index contributed by atoms with van der Waals surface area (Å²) in [6, 6.07) is 6.41. The van der Waals surface area contributed by atoms with Crippen LogP contribution in [0.2, 0.25) is 10.0 Å². The molecule has 1 aliphatic heterocycles. The normalized spacial score (nSPS) is 24.1. The third-order valence-corrected chi connectivity index (χ3v) is 6.34. The van der Waals surface area contributed by atoms with E-state index in [0.717, 1.165) is 31.2 Å². The largest absolute Gasteiger partial charge is 0.365 e. The molecule has 128 valence electrons. The van der Waals surface area contributed by atoms with E-state index in [2.05, 4.69) is 22.8 Å². The molecule has 1 aromatic carbocycles. The van der Waals surface area contributed by atoms with Gasteiger partial charge in [-0.1, -0.05) is 61.4 Å². The van der Waals surface area contributed by atoms with E-state index in [-0.39, 0.29) is 0 Å². The zero-order chi connectivity index (χ0) is 16.2. The Morgan fingerprint density at radius 2 is 1.87 bits per heavy atom. The number of piperazine rings is 1. The van der Waals surface area contributed by atoms with E-state index in [1.807, 2.05) is 12.1 Å². The molecule has 0 unspecified atom stereocenters. The minimum atomic E-state index is 0.478. The summed E-state index contributed by atoms with van der Waals surface area (Å²) in [6.07, 6.45) is 8.63. The highest BCUT2D eigenvalue weighted by Gasteiger charge is 2.26. The molecule has 1 saturated heterocycles. The number of hydrogen-bond donors (Lipinski definition) is 0. The van der Waals surface area contributed by atoms with Gasteiger partial charge in [-0.25, -0.2) is 0 Å². The highest BCUT2D eigenvalue weighted by molar-refractivity contribution is 6.43. The van der Waals surface area contributed by atoms with Gasteiger partial charge in [-0.15, -0.1) is 0 Å². The molecular weight excluding hydrogens is 327 g/mol. The first-order valence-corrected chi connectivity index (χ1v) is 9.83. The van der Waals surface area contributed by atoms with Crippen molar-refractivity contribution in [3.63, 3.8) is 0 Å². The van der Waals surface area contributed by atoms with Crippen LogP contribution in [0.4, 0.5) is 5.69 Å². The summed E-state index contributed by atoms with van der Waals surface area (Å²) in [5, 5.41) is 1.34. The lowest BCUT2D eigenvalue weighted by atomic mass is 9.87. The summed E-state index contributed by atoms with van der Waals surface area (Å²) in [5.41, 5.74) is 1.08. The minimum Gasteiger partial charge on any atom is -0.365 e. The van der Waals surface area contributed by atoms with Crippen molar-refractivity contribution in [2.24, 2.45) is 5.92 Å². The molecule has 0 radical (unpaired) electrons. The first-order valence-electron chi connectivity index (χ1n) is 9.08. The smallest absolute Gasteiger partial charge is 0.0825 e. The van der Waals surface area contributed by atoms with Gasteiger partial charge in [-0.2, -0.15) is 0 Å². The van der Waals surface area contributed by atoms with Crippen LogP contribution >= 0.6 is 23.2 Å². The molecule has 1 atom stereocenters. The second-order valence-electron chi connectivity index (χ2n) is 7.21. The lowest BCUT2D eigenvalue weighted by Crippen LogP contribution is -2.52. The molecule has 1 aliphatic carbocycles. The van der Waals surface area contributed by atoms with Crippen molar-refractivity contribution >= 4 is 28.9 Å². The Morgan fingerprint density at radius 1 is 1.09 bits per heavy atom. The number of hydrogen-bond acceptors (Lipinski definition) is 2. The first-order chi connectivity index (χ1) is 11.1. The summed E-state index contributed by atoms with van der Waals surface area (Å²) in [5.74, 6) is 0.972. The summed E-state index contributed by atoms with van der Waals surface area (Å²) in [4.78, 5) is 5.04. The number of nitrogens with zero attached hydrogens (tertiary/aromatic N) is 2.